The molecule has 2 aliphatic heterocycles. The van der Waals surface area contributed by atoms with E-state index < -0.39 is 5.60 Å². The fourth-order valence-electron chi connectivity index (χ4n) is 7.29. The van der Waals surface area contributed by atoms with E-state index in [0.29, 0.717) is 84.5 Å². The largest absolute Gasteiger partial charge is 0.481 e. The van der Waals surface area contributed by atoms with Crippen LogP contribution in [0.3, 0.4) is 0 Å². The number of rotatable bonds is 8. The van der Waals surface area contributed by atoms with Crippen LogP contribution in [0.5, 0.6) is 5.88 Å². The fraction of sp³-hybridized carbons (Fsp3) is 0.405. The first kappa shape index (κ1) is 33.6. The molecule has 2 fully saturated rings. The smallest absolute Gasteiger partial charge is 0.265 e. The average molecular weight is 696 g/mol. The van der Waals surface area contributed by atoms with Gasteiger partial charge in [-0.25, -0.2) is 15.0 Å². The maximum atomic E-state index is 14.2. The molecule has 260 valence electrons. The van der Waals surface area contributed by atoms with Gasteiger partial charge in [-0.05, 0) is 50.8 Å². The number of aliphatic hydroxyl groups is 1. The van der Waals surface area contributed by atoms with Gasteiger partial charge < -0.3 is 24.2 Å². The van der Waals surface area contributed by atoms with Crippen molar-refractivity contribution in [3.63, 3.8) is 0 Å². The van der Waals surface area contributed by atoms with Crippen LogP contribution in [0.2, 0.25) is 0 Å². The van der Waals surface area contributed by atoms with Gasteiger partial charge in [0, 0.05) is 68.6 Å². The second-order valence-corrected chi connectivity index (χ2v) is 14.3. The second kappa shape index (κ2) is 13.8. The summed E-state index contributed by atoms with van der Waals surface area (Å²) in [5.41, 5.74) is 1.82. The van der Waals surface area contributed by atoms with Gasteiger partial charge in [-0.3, -0.25) is 19.0 Å². The number of carbonyl (C=O) groups is 2. The maximum absolute atomic E-state index is 14.2. The number of hydrogen-bond acceptors (Lipinski definition) is 9. The van der Waals surface area contributed by atoms with Crippen LogP contribution < -0.4 is 10.3 Å². The van der Waals surface area contributed by atoms with Crippen LogP contribution in [-0.2, 0) is 17.9 Å². The molecule has 0 radical (unpaired) electrons. The molecule has 1 aromatic carbocycles. The van der Waals surface area contributed by atoms with Crippen molar-refractivity contribution in [2.75, 3.05) is 33.3 Å². The lowest BCUT2D eigenvalue weighted by Crippen LogP contribution is -2.53. The molecular formula is C37H41N7O5S. The van der Waals surface area contributed by atoms with Crippen molar-refractivity contribution in [3.05, 3.63) is 93.7 Å². The van der Waals surface area contributed by atoms with E-state index in [1.807, 2.05) is 70.8 Å². The first-order valence-corrected chi connectivity index (χ1v) is 17.9. The molecular weight excluding hydrogens is 655 g/mol. The number of nitrogens with zero attached hydrogens (tertiary/aromatic N) is 7. The van der Waals surface area contributed by atoms with Gasteiger partial charge in [-0.2, -0.15) is 0 Å². The van der Waals surface area contributed by atoms with Crippen molar-refractivity contribution in [1.82, 2.24) is 33.9 Å². The summed E-state index contributed by atoms with van der Waals surface area (Å²) >= 11 is 1.35. The molecule has 0 bridgehead atoms. The minimum Gasteiger partial charge on any atom is -0.481 e. The third-order valence-corrected chi connectivity index (χ3v) is 11.4. The lowest BCUT2D eigenvalue weighted by atomic mass is 9.79. The Labute approximate surface area is 294 Å². The van der Waals surface area contributed by atoms with Gasteiger partial charge in [0.15, 0.2) is 0 Å². The average Bonchev–Trinajstić information content (AvgIpc) is 3.76. The van der Waals surface area contributed by atoms with Crippen molar-refractivity contribution < 1.29 is 19.4 Å². The number of piperidine rings is 2. The molecule has 1 N–H and O–H groups in total. The summed E-state index contributed by atoms with van der Waals surface area (Å²) in [6, 6.07) is 15.4. The van der Waals surface area contributed by atoms with E-state index in [-0.39, 0.29) is 35.8 Å². The van der Waals surface area contributed by atoms with E-state index in [2.05, 4.69) is 15.0 Å². The molecule has 0 saturated carbocycles. The normalized spacial score (nSPS) is 19.1. The molecule has 0 unspecified atom stereocenters. The fourth-order valence-corrected chi connectivity index (χ4v) is 8.31. The van der Waals surface area contributed by atoms with Crippen LogP contribution in [0, 0.1) is 12.8 Å². The van der Waals surface area contributed by atoms with E-state index in [9.17, 15) is 19.5 Å². The monoisotopic (exact) mass is 695 g/mol. The molecule has 12 nitrogen and oxygen atoms in total. The quantitative estimate of drug-likeness (QED) is 0.253. The van der Waals surface area contributed by atoms with E-state index in [1.165, 1.54) is 22.2 Å². The third kappa shape index (κ3) is 6.42. The maximum Gasteiger partial charge on any atom is 0.265 e. The molecule has 7 rings (SSSR count). The Balaban J connectivity index is 1.04. The summed E-state index contributed by atoms with van der Waals surface area (Å²) in [7, 11) is 1.56. The van der Waals surface area contributed by atoms with E-state index in [4.69, 9.17) is 4.74 Å². The number of hydrogen-bond donors (Lipinski definition) is 1. The van der Waals surface area contributed by atoms with Crippen LogP contribution >= 0.6 is 11.3 Å². The summed E-state index contributed by atoms with van der Waals surface area (Å²) in [5, 5.41) is 12.8. The van der Waals surface area contributed by atoms with Gasteiger partial charge in [0.05, 0.1) is 30.3 Å². The Morgan fingerprint density at radius 2 is 1.80 bits per heavy atom. The first-order chi connectivity index (χ1) is 24.2. The summed E-state index contributed by atoms with van der Waals surface area (Å²) < 4.78 is 8.57. The Bertz CT molecular complexity index is 2070. The highest BCUT2D eigenvalue weighted by Gasteiger charge is 2.42. The molecule has 0 spiro atoms. The number of ether oxygens (including phenoxy) is 1. The highest BCUT2D eigenvalue weighted by Crippen LogP contribution is 2.37. The molecule has 2 amide bonds. The number of aryl methyl sites for hydroxylation is 2. The molecule has 5 aromatic rings. The predicted octanol–water partition coefficient (Wildman–Crippen LogP) is 4.35. The van der Waals surface area contributed by atoms with Crippen molar-refractivity contribution in [2.45, 2.75) is 57.7 Å². The Kier molecular flexibility index (Phi) is 9.27. The summed E-state index contributed by atoms with van der Waals surface area (Å²) in [4.78, 5) is 59.1. The van der Waals surface area contributed by atoms with Crippen molar-refractivity contribution in [1.29, 1.82) is 0 Å². The van der Waals surface area contributed by atoms with Gasteiger partial charge in [0.1, 0.15) is 21.9 Å². The minimum atomic E-state index is -1.13. The number of thiazole rings is 1. The minimum absolute atomic E-state index is 0.0393. The number of amides is 2. The molecule has 0 aliphatic carbocycles. The van der Waals surface area contributed by atoms with Crippen molar-refractivity contribution >= 4 is 34.2 Å². The summed E-state index contributed by atoms with van der Waals surface area (Å²) in [5.74, 6) is -0.0386. The molecule has 13 heteroatoms. The van der Waals surface area contributed by atoms with Crippen LogP contribution in [0.15, 0.2) is 72.0 Å². The molecule has 2 saturated heterocycles. The third-order valence-electron chi connectivity index (χ3n) is 10.2. The Hall–Kier alpha value is -4.88. The van der Waals surface area contributed by atoms with Gasteiger partial charge in [-0.15, -0.1) is 11.3 Å². The highest BCUT2D eigenvalue weighted by molar-refractivity contribution is 7.17. The topological polar surface area (TPSA) is 136 Å². The van der Waals surface area contributed by atoms with E-state index in [0.717, 1.165) is 11.1 Å². The number of likely N-dealkylation sites (tertiary alicyclic amines) is 2. The van der Waals surface area contributed by atoms with E-state index in [1.54, 1.807) is 25.4 Å². The number of fused-ring (bicyclic) bond motifs is 1. The predicted molar refractivity (Wildman–Crippen MR) is 190 cm³/mol. The lowest BCUT2D eigenvalue weighted by Gasteiger charge is -2.43. The van der Waals surface area contributed by atoms with Gasteiger partial charge in [-0.1, -0.05) is 30.3 Å². The Morgan fingerprint density at radius 3 is 2.50 bits per heavy atom. The zero-order valence-electron chi connectivity index (χ0n) is 28.5. The molecule has 6 heterocycles. The SMILES string of the molecule is CCn1ccc2c(=O)n(CC3(O)CCN(C(=O)[C@@H]4CCN(C(=O)c5sc(-c6ccc(OC)nc6)nc5C)C[C@H]4c4ccccc4)CC3)cnc21. The second-order valence-electron chi connectivity index (χ2n) is 13.3. The zero-order valence-corrected chi connectivity index (χ0v) is 29.3. The highest BCUT2D eigenvalue weighted by atomic mass is 32.1. The number of pyridine rings is 1. The first-order valence-electron chi connectivity index (χ1n) is 17.1. The summed E-state index contributed by atoms with van der Waals surface area (Å²) in [6.07, 6.45) is 6.28. The standard InChI is InChI=1S/C37H41N7O5S/c1-4-41-16-13-28-32(41)39-23-44(35(28)46)22-37(48)14-18-42(19-15-37)34(45)27-12-17-43(21-29(27)25-8-6-5-7-9-25)36(47)31-24(2)40-33(50-31)26-10-11-30(49-3)38-20-26/h5-11,13,16,20,23,27,29,48H,4,12,14-15,17-19,21-22H2,1-3H3/t27-,29+/m1/s1. The van der Waals surface area contributed by atoms with Crippen molar-refractivity contribution in [3.8, 4) is 16.5 Å². The number of benzene rings is 1. The molecule has 4 aromatic heterocycles. The van der Waals surface area contributed by atoms with Gasteiger partial charge in [0.2, 0.25) is 11.8 Å². The Morgan fingerprint density at radius 1 is 1.02 bits per heavy atom. The van der Waals surface area contributed by atoms with Gasteiger partial charge in [0.25, 0.3) is 11.5 Å². The summed E-state index contributed by atoms with van der Waals surface area (Å²) in [6.45, 7) is 6.31. The molecule has 2 atom stereocenters. The number of aromatic nitrogens is 5. The molecule has 2 aliphatic rings. The zero-order chi connectivity index (χ0) is 35.0. The van der Waals surface area contributed by atoms with Crippen molar-refractivity contribution in [2.24, 2.45) is 5.92 Å². The number of carbonyl (C=O) groups excluding carboxylic acids is 2. The van der Waals surface area contributed by atoms with Gasteiger partial charge >= 0.3 is 0 Å². The lowest BCUT2D eigenvalue weighted by molar-refractivity contribution is -0.142. The van der Waals surface area contributed by atoms with Crippen LogP contribution in [0.25, 0.3) is 21.6 Å². The van der Waals surface area contributed by atoms with Crippen LogP contribution in [0.4, 0.5) is 0 Å². The van der Waals surface area contributed by atoms with Crippen LogP contribution in [0.1, 0.15) is 53.0 Å². The molecule has 50 heavy (non-hydrogen) atoms. The van der Waals surface area contributed by atoms with Crippen LogP contribution in [-0.4, -0.2) is 89.7 Å². The van der Waals surface area contributed by atoms with E-state index >= 15 is 0 Å². The number of methoxy groups -OCH3 is 1.